The molecule has 0 spiro atoms. The van der Waals surface area contributed by atoms with Gasteiger partial charge in [0.1, 0.15) is 0 Å². The smallest absolute Gasteiger partial charge is 0.0702 e. The lowest BCUT2D eigenvalue weighted by atomic mass is 10.1. The summed E-state index contributed by atoms with van der Waals surface area (Å²) in [6, 6.07) is 10.1. The zero-order valence-electron chi connectivity index (χ0n) is 10.4. The van der Waals surface area contributed by atoms with Crippen molar-refractivity contribution in [2.45, 2.75) is 19.6 Å². The van der Waals surface area contributed by atoms with Gasteiger partial charge < -0.3 is 10.0 Å². The first-order valence-corrected chi connectivity index (χ1v) is 7.04. The highest BCUT2D eigenvalue weighted by molar-refractivity contribution is 7.10. The Morgan fingerprint density at radius 2 is 2.17 bits per heavy atom. The van der Waals surface area contributed by atoms with Gasteiger partial charge in [-0.1, -0.05) is 17.7 Å². The molecule has 18 heavy (non-hydrogen) atoms. The molecule has 1 unspecified atom stereocenters. The third-order valence-corrected chi connectivity index (χ3v) is 4.41. The van der Waals surface area contributed by atoms with Gasteiger partial charge in [-0.3, -0.25) is 0 Å². The van der Waals surface area contributed by atoms with Crippen LogP contribution in [0.25, 0.3) is 0 Å². The highest BCUT2D eigenvalue weighted by atomic mass is 35.5. The van der Waals surface area contributed by atoms with Crippen molar-refractivity contribution in [3.05, 3.63) is 51.2 Å². The van der Waals surface area contributed by atoms with Gasteiger partial charge in [-0.15, -0.1) is 11.3 Å². The normalized spacial score (nSPS) is 12.4. The molecule has 0 saturated heterocycles. The highest BCUT2D eigenvalue weighted by Gasteiger charge is 2.15. The van der Waals surface area contributed by atoms with Crippen LogP contribution in [0.2, 0.25) is 5.02 Å². The molecular weight excluding hydrogens is 266 g/mol. The van der Waals surface area contributed by atoms with E-state index in [0.717, 1.165) is 11.3 Å². The number of thiophene rings is 1. The molecule has 0 amide bonds. The van der Waals surface area contributed by atoms with E-state index in [1.54, 1.807) is 11.3 Å². The van der Waals surface area contributed by atoms with Gasteiger partial charge in [0.2, 0.25) is 0 Å². The Hall–Kier alpha value is -1.03. The Kier molecular flexibility index (Phi) is 4.27. The molecule has 0 aliphatic rings. The van der Waals surface area contributed by atoms with E-state index in [4.69, 9.17) is 11.6 Å². The second-order valence-electron chi connectivity index (χ2n) is 4.23. The Bertz CT molecular complexity index is 513. The number of nitrogens with zero attached hydrogens (tertiary/aromatic N) is 1. The minimum atomic E-state index is -0.00259. The predicted molar refractivity (Wildman–Crippen MR) is 78.5 cm³/mol. The fourth-order valence-electron chi connectivity index (χ4n) is 1.95. The predicted octanol–water partition coefficient (Wildman–Crippen LogP) is 4.09. The Morgan fingerprint density at radius 1 is 1.39 bits per heavy atom. The number of aliphatic hydroxyl groups excluding tert-OH is 1. The van der Waals surface area contributed by atoms with Crippen LogP contribution in [-0.2, 0) is 6.61 Å². The van der Waals surface area contributed by atoms with Gasteiger partial charge >= 0.3 is 0 Å². The molecule has 0 radical (unpaired) electrons. The Labute approximate surface area is 116 Å². The molecule has 96 valence electrons. The van der Waals surface area contributed by atoms with Crippen LogP contribution < -0.4 is 4.90 Å². The van der Waals surface area contributed by atoms with E-state index >= 15 is 0 Å². The molecule has 0 aliphatic heterocycles. The largest absolute Gasteiger partial charge is 0.392 e. The van der Waals surface area contributed by atoms with Crippen molar-refractivity contribution < 1.29 is 5.11 Å². The molecule has 0 bridgehead atoms. The number of anilines is 1. The van der Waals surface area contributed by atoms with E-state index in [0.29, 0.717) is 5.02 Å². The number of benzene rings is 1. The lowest BCUT2D eigenvalue weighted by Gasteiger charge is -2.28. The maximum absolute atomic E-state index is 9.42. The van der Waals surface area contributed by atoms with E-state index in [-0.39, 0.29) is 12.6 Å². The first-order valence-electron chi connectivity index (χ1n) is 5.79. The molecule has 0 saturated carbocycles. The van der Waals surface area contributed by atoms with Gasteiger partial charge in [-0.25, -0.2) is 0 Å². The molecule has 2 rings (SSSR count). The average Bonchev–Trinajstić information content (AvgIpc) is 2.90. The number of rotatable bonds is 4. The number of aliphatic hydroxyl groups is 1. The molecule has 1 N–H and O–H groups in total. The van der Waals surface area contributed by atoms with Gasteiger partial charge in [-0.05, 0) is 36.6 Å². The quantitative estimate of drug-likeness (QED) is 0.912. The maximum atomic E-state index is 9.42. The molecule has 0 aliphatic carbocycles. The summed E-state index contributed by atoms with van der Waals surface area (Å²) in [5.41, 5.74) is 1.87. The van der Waals surface area contributed by atoms with Crippen molar-refractivity contribution in [1.82, 2.24) is 0 Å². The van der Waals surface area contributed by atoms with Crippen LogP contribution in [0.15, 0.2) is 35.7 Å². The lowest BCUT2D eigenvalue weighted by molar-refractivity contribution is 0.282. The number of hydrogen-bond donors (Lipinski definition) is 1. The average molecular weight is 282 g/mol. The minimum absolute atomic E-state index is 0.00259. The summed E-state index contributed by atoms with van der Waals surface area (Å²) in [7, 11) is 2.03. The first-order chi connectivity index (χ1) is 8.63. The van der Waals surface area contributed by atoms with Crippen LogP contribution in [0.1, 0.15) is 23.4 Å². The fourth-order valence-corrected chi connectivity index (χ4v) is 2.97. The molecule has 4 heteroatoms. The van der Waals surface area contributed by atoms with Crippen molar-refractivity contribution >= 4 is 28.6 Å². The molecule has 0 fully saturated rings. The summed E-state index contributed by atoms with van der Waals surface area (Å²) in [4.78, 5) is 3.46. The monoisotopic (exact) mass is 281 g/mol. The third kappa shape index (κ3) is 2.69. The standard InChI is InChI=1S/C14H16ClNOS/c1-10(14-4-3-7-18-14)16(2)13-6-5-12(15)8-11(13)9-17/h3-8,10,17H,9H2,1-2H3. The molecule has 1 atom stereocenters. The van der Waals surface area contributed by atoms with E-state index in [9.17, 15) is 5.11 Å². The fraction of sp³-hybridized carbons (Fsp3) is 0.286. The SMILES string of the molecule is CC(c1cccs1)N(C)c1ccc(Cl)cc1CO. The summed E-state index contributed by atoms with van der Waals surface area (Å²) in [6.07, 6.45) is 0. The molecule has 2 nitrogen and oxygen atoms in total. The van der Waals surface area contributed by atoms with Crippen molar-refractivity contribution in [2.75, 3.05) is 11.9 Å². The zero-order valence-corrected chi connectivity index (χ0v) is 12.0. The van der Waals surface area contributed by atoms with E-state index in [1.807, 2.05) is 25.2 Å². The minimum Gasteiger partial charge on any atom is -0.392 e. The molecular formula is C14H16ClNOS. The van der Waals surface area contributed by atoms with Crippen LogP contribution >= 0.6 is 22.9 Å². The highest BCUT2D eigenvalue weighted by Crippen LogP contribution is 2.31. The molecule has 1 aromatic carbocycles. The second kappa shape index (κ2) is 5.74. The van der Waals surface area contributed by atoms with Crippen LogP contribution in [0.5, 0.6) is 0 Å². The summed E-state index contributed by atoms with van der Waals surface area (Å²) in [5.74, 6) is 0. The number of halogens is 1. The summed E-state index contributed by atoms with van der Waals surface area (Å²) in [5, 5.41) is 12.2. The van der Waals surface area contributed by atoms with Gasteiger partial charge in [-0.2, -0.15) is 0 Å². The third-order valence-electron chi connectivity index (χ3n) is 3.13. The molecule has 1 aromatic heterocycles. The van der Waals surface area contributed by atoms with Crippen molar-refractivity contribution in [3.63, 3.8) is 0 Å². The van der Waals surface area contributed by atoms with Gasteiger partial charge in [0, 0.05) is 28.2 Å². The Morgan fingerprint density at radius 3 is 2.78 bits per heavy atom. The summed E-state index contributed by atoms with van der Waals surface area (Å²) < 4.78 is 0. The summed E-state index contributed by atoms with van der Waals surface area (Å²) in [6.45, 7) is 2.15. The van der Waals surface area contributed by atoms with Crippen molar-refractivity contribution in [1.29, 1.82) is 0 Å². The number of hydrogen-bond acceptors (Lipinski definition) is 3. The first kappa shape index (κ1) is 13.4. The topological polar surface area (TPSA) is 23.5 Å². The van der Waals surface area contributed by atoms with Crippen LogP contribution in [-0.4, -0.2) is 12.2 Å². The van der Waals surface area contributed by atoms with E-state index < -0.39 is 0 Å². The van der Waals surface area contributed by atoms with E-state index in [1.165, 1.54) is 4.88 Å². The maximum Gasteiger partial charge on any atom is 0.0702 e. The van der Waals surface area contributed by atoms with Crippen LogP contribution in [0.3, 0.4) is 0 Å². The zero-order chi connectivity index (χ0) is 13.1. The summed E-state index contributed by atoms with van der Waals surface area (Å²) >= 11 is 7.69. The van der Waals surface area contributed by atoms with Crippen LogP contribution in [0.4, 0.5) is 5.69 Å². The van der Waals surface area contributed by atoms with E-state index in [2.05, 4.69) is 29.3 Å². The Balaban J connectivity index is 2.31. The van der Waals surface area contributed by atoms with Crippen LogP contribution in [0, 0.1) is 0 Å². The molecule has 2 aromatic rings. The van der Waals surface area contributed by atoms with Crippen molar-refractivity contribution in [2.24, 2.45) is 0 Å². The second-order valence-corrected chi connectivity index (χ2v) is 5.65. The van der Waals surface area contributed by atoms with Gasteiger partial charge in [0.25, 0.3) is 0 Å². The lowest BCUT2D eigenvalue weighted by Crippen LogP contribution is -2.22. The van der Waals surface area contributed by atoms with Gasteiger partial charge in [0.05, 0.1) is 12.6 Å². The van der Waals surface area contributed by atoms with Crippen molar-refractivity contribution in [3.8, 4) is 0 Å². The molecule has 1 heterocycles. The van der Waals surface area contributed by atoms with Gasteiger partial charge in [0.15, 0.2) is 0 Å².